The minimum atomic E-state index is -3.56. The van der Waals surface area contributed by atoms with Crippen molar-refractivity contribution in [3.8, 4) is 0 Å². The Balaban J connectivity index is 2.90. The molecule has 1 aromatic rings. The monoisotopic (exact) mass is 433 g/mol. The SMILES string of the molecule is CCC(CC)(CO)CNS(=O)(=O)c1cc(Br)sc1Br. The van der Waals surface area contributed by atoms with Crippen molar-refractivity contribution >= 4 is 53.2 Å². The first kappa shape index (κ1) is 17.6. The van der Waals surface area contributed by atoms with E-state index in [1.807, 2.05) is 13.8 Å². The molecule has 0 amide bonds. The van der Waals surface area contributed by atoms with Crippen LogP contribution in [-0.4, -0.2) is 26.7 Å². The van der Waals surface area contributed by atoms with Gasteiger partial charge in [0.15, 0.2) is 0 Å². The van der Waals surface area contributed by atoms with Gasteiger partial charge in [-0.1, -0.05) is 13.8 Å². The van der Waals surface area contributed by atoms with Crippen LogP contribution in [0.1, 0.15) is 26.7 Å². The summed E-state index contributed by atoms with van der Waals surface area (Å²) in [5.41, 5.74) is -0.396. The van der Waals surface area contributed by atoms with Gasteiger partial charge >= 0.3 is 0 Å². The summed E-state index contributed by atoms with van der Waals surface area (Å²) in [5.74, 6) is 0. The number of aliphatic hydroxyl groups excluding tert-OH is 1. The molecule has 0 unspecified atom stereocenters. The van der Waals surface area contributed by atoms with Gasteiger partial charge in [-0.2, -0.15) is 0 Å². The van der Waals surface area contributed by atoms with Crippen molar-refractivity contribution < 1.29 is 13.5 Å². The Hall–Kier alpha value is 0.530. The maximum Gasteiger partial charge on any atom is 0.242 e. The van der Waals surface area contributed by atoms with E-state index < -0.39 is 15.4 Å². The van der Waals surface area contributed by atoms with E-state index in [4.69, 9.17) is 0 Å². The Labute approximate surface area is 134 Å². The van der Waals surface area contributed by atoms with E-state index in [-0.39, 0.29) is 18.0 Å². The van der Waals surface area contributed by atoms with Crippen molar-refractivity contribution in [2.24, 2.45) is 5.41 Å². The van der Waals surface area contributed by atoms with Gasteiger partial charge in [-0.05, 0) is 50.8 Å². The van der Waals surface area contributed by atoms with Crippen LogP contribution in [0.15, 0.2) is 18.5 Å². The molecule has 1 rings (SSSR count). The molecular weight excluding hydrogens is 418 g/mol. The van der Waals surface area contributed by atoms with E-state index in [1.165, 1.54) is 11.3 Å². The van der Waals surface area contributed by atoms with Crippen molar-refractivity contribution in [3.63, 3.8) is 0 Å². The standard InChI is InChI=1S/C11H17Br2NO3S2/c1-3-11(4-2,7-15)6-14-19(16,17)8-5-9(12)18-10(8)13/h5,14-15H,3-4,6-7H2,1-2H3. The molecule has 8 heteroatoms. The molecule has 1 aromatic heterocycles. The molecule has 0 fully saturated rings. The molecule has 19 heavy (non-hydrogen) atoms. The number of nitrogens with one attached hydrogen (secondary N) is 1. The summed E-state index contributed by atoms with van der Waals surface area (Å²) >= 11 is 7.82. The van der Waals surface area contributed by atoms with Gasteiger partial charge in [0.2, 0.25) is 10.0 Å². The summed E-state index contributed by atoms with van der Waals surface area (Å²) in [6, 6.07) is 1.57. The lowest BCUT2D eigenvalue weighted by Gasteiger charge is -2.29. The van der Waals surface area contributed by atoms with Crippen molar-refractivity contribution in [2.45, 2.75) is 31.6 Å². The van der Waals surface area contributed by atoms with Gasteiger partial charge in [-0.15, -0.1) is 11.3 Å². The Kier molecular flexibility index (Phi) is 6.47. The highest BCUT2D eigenvalue weighted by molar-refractivity contribution is 9.12. The summed E-state index contributed by atoms with van der Waals surface area (Å²) in [7, 11) is -3.56. The van der Waals surface area contributed by atoms with E-state index in [1.54, 1.807) is 6.07 Å². The highest BCUT2D eigenvalue weighted by Crippen LogP contribution is 2.35. The lowest BCUT2D eigenvalue weighted by atomic mass is 9.84. The van der Waals surface area contributed by atoms with E-state index in [9.17, 15) is 13.5 Å². The van der Waals surface area contributed by atoms with E-state index in [2.05, 4.69) is 36.6 Å². The van der Waals surface area contributed by atoms with Gasteiger partial charge in [0.25, 0.3) is 0 Å². The van der Waals surface area contributed by atoms with Crippen LogP contribution >= 0.6 is 43.2 Å². The Morgan fingerprint density at radius 2 is 1.95 bits per heavy atom. The summed E-state index contributed by atoms with van der Waals surface area (Å²) in [4.78, 5) is 0.225. The highest BCUT2D eigenvalue weighted by atomic mass is 79.9. The largest absolute Gasteiger partial charge is 0.396 e. The van der Waals surface area contributed by atoms with Crippen LogP contribution in [0, 0.1) is 5.41 Å². The molecule has 0 aliphatic rings. The normalized spacial score (nSPS) is 12.9. The highest BCUT2D eigenvalue weighted by Gasteiger charge is 2.29. The quantitative estimate of drug-likeness (QED) is 0.691. The fraction of sp³-hybridized carbons (Fsp3) is 0.636. The van der Waals surface area contributed by atoms with Gasteiger partial charge in [0, 0.05) is 18.6 Å². The predicted octanol–water partition coefficient (Wildman–Crippen LogP) is 3.35. The van der Waals surface area contributed by atoms with Gasteiger partial charge in [0.05, 0.1) is 7.57 Å². The minimum absolute atomic E-state index is 0.0307. The third kappa shape index (κ3) is 4.25. The second-order valence-corrected chi connectivity index (χ2v) is 9.86. The van der Waals surface area contributed by atoms with Crippen LogP contribution in [0.4, 0.5) is 0 Å². The summed E-state index contributed by atoms with van der Waals surface area (Å²) in [6.45, 7) is 4.10. The zero-order valence-corrected chi connectivity index (χ0v) is 15.5. The van der Waals surface area contributed by atoms with Crippen molar-refractivity contribution in [2.75, 3.05) is 13.2 Å². The second-order valence-electron chi connectivity index (χ2n) is 4.38. The van der Waals surface area contributed by atoms with Gasteiger partial charge < -0.3 is 5.11 Å². The molecule has 0 saturated carbocycles. The summed E-state index contributed by atoms with van der Waals surface area (Å²) in [6.07, 6.45) is 1.44. The molecule has 110 valence electrons. The smallest absolute Gasteiger partial charge is 0.242 e. The maximum absolute atomic E-state index is 12.2. The average molecular weight is 435 g/mol. The van der Waals surface area contributed by atoms with Crippen LogP contribution in [0.2, 0.25) is 0 Å². The fourth-order valence-electron chi connectivity index (χ4n) is 1.61. The van der Waals surface area contributed by atoms with Crippen LogP contribution in [-0.2, 0) is 10.0 Å². The van der Waals surface area contributed by atoms with E-state index >= 15 is 0 Å². The fourth-order valence-corrected chi connectivity index (χ4v) is 6.58. The molecule has 0 saturated heterocycles. The Bertz CT molecular complexity index is 516. The topological polar surface area (TPSA) is 66.4 Å². The Morgan fingerprint density at radius 1 is 1.37 bits per heavy atom. The minimum Gasteiger partial charge on any atom is -0.396 e. The third-order valence-electron chi connectivity index (χ3n) is 3.39. The van der Waals surface area contributed by atoms with Crippen molar-refractivity contribution in [1.82, 2.24) is 4.72 Å². The summed E-state index contributed by atoms with van der Waals surface area (Å²) < 4.78 is 28.4. The maximum atomic E-state index is 12.2. The first-order valence-electron chi connectivity index (χ1n) is 5.85. The first-order chi connectivity index (χ1) is 8.80. The zero-order chi connectivity index (χ0) is 14.7. The zero-order valence-electron chi connectivity index (χ0n) is 10.7. The number of halogens is 2. The Morgan fingerprint density at radius 3 is 2.32 bits per heavy atom. The number of hydrogen-bond acceptors (Lipinski definition) is 4. The molecule has 0 bridgehead atoms. The van der Waals surface area contributed by atoms with Crippen molar-refractivity contribution in [1.29, 1.82) is 0 Å². The molecule has 0 aliphatic carbocycles. The molecule has 2 N–H and O–H groups in total. The average Bonchev–Trinajstić information content (AvgIpc) is 2.72. The van der Waals surface area contributed by atoms with E-state index in [0.717, 1.165) is 16.6 Å². The van der Waals surface area contributed by atoms with Crippen LogP contribution < -0.4 is 4.72 Å². The van der Waals surface area contributed by atoms with Gasteiger partial charge in [-0.3, -0.25) is 0 Å². The molecule has 0 aromatic carbocycles. The molecule has 0 spiro atoms. The number of thiophene rings is 1. The molecule has 0 radical (unpaired) electrons. The number of sulfonamides is 1. The number of rotatable bonds is 7. The third-order valence-corrected chi connectivity index (χ3v) is 7.54. The number of hydrogen-bond donors (Lipinski definition) is 2. The predicted molar refractivity (Wildman–Crippen MR) is 85.0 cm³/mol. The molecule has 0 aliphatic heterocycles. The van der Waals surface area contributed by atoms with Gasteiger partial charge in [-0.25, -0.2) is 13.1 Å². The molecule has 1 heterocycles. The number of aliphatic hydroxyl groups is 1. The lowest BCUT2D eigenvalue weighted by Crippen LogP contribution is -2.39. The first-order valence-corrected chi connectivity index (χ1v) is 9.74. The second kappa shape index (κ2) is 7.00. The van der Waals surface area contributed by atoms with Crippen LogP contribution in [0.3, 0.4) is 0 Å². The summed E-state index contributed by atoms with van der Waals surface area (Å²) in [5, 5.41) is 9.45. The molecule has 0 atom stereocenters. The van der Waals surface area contributed by atoms with Gasteiger partial charge in [0.1, 0.15) is 4.90 Å². The lowest BCUT2D eigenvalue weighted by molar-refractivity contribution is 0.119. The van der Waals surface area contributed by atoms with Crippen LogP contribution in [0.5, 0.6) is 0 Å². The van der Waals surface area contributed by atoms with Crippen LogP contribution in [0.25, 0.3) is 0 Å². The molecule has 4 nitrogen and oxygen atoms in total. The van der Waals surface area contributed by atoms with E-state index in [0.29, 0.717) is 3.79 Å². The van der Waals surface area contributed by atoms with Crippen molar-refractivity contribution in [3.05, 3.63) is 13.6 Å². The molecular formula is C11H17Br2NO3S2.